The van der Waals surface area contributed by atoms with Crippen molar-refractivity contribution in [3.8, 4) is 34.3 Å². The monoisotopic (exact) mass is 416 g/mol. The molecule has 1 aliphatic heterocycles. The summed E-state index contributed by atoms with van der Waals surface area (Å²) in [5, 5.41) is 30.8. The zero-order valence-corrected chi connectivity index (χ0v) is 16.0. The maximum absolute atomic E-state index is 12.9. The summed E-state index contributed by atoms with van der Waals surface area (Å²) in [6, 6.07) is 16.5. The second-order valence-corrected chi connectivity index (χ2v) is 7.31. The van der Waals surface area contributed by atoms with Crippen molar-refractivity contribution in [1.29, 1.82) is 0 Å². The number of ether oxygens (including phenoxy) is 1. The average molecular weight is 416 g/mol. The molecule has 3 N–H and O–H groups in total. The van der Waals surface area contributed by atoms with Gasteiger partial charge in [-0.05, 0) is 17.7 Å². The Morgan fingerprint density at radius 2 is 1.65 bits per heavy atom. The lowest BCUT2D eigenvalue weighted by Gasteiger charge is -2.26. The number of hydrogen-bond acceptors (Lipinski definition) is 7. The van der Waals surface area contributed by atoms with E-state index in [1.807, 2.05) is 6.07 Å². The molecule has 0 bridgehead atoms. The number of hydrogen-bond donors (Lipinski definition) is 3. The number of carbonyl (C=O) groups is 1. The van der Waals surface area contributed by atoms with Crippen molar-refractivity contribution in [1.82, 2.24) is 0 Å². The number of phenols is 3. The van der Waals surface area contributed by atoms with Gasteiger partial charge in [0, 0.05) is 17.5 Å². The second kappa shape index (κ2) is 6.91. The van der Waals surface area contributed by atoms with E-state index in [4.69, 9.17) is 9.15 Å². The molecule has 0 spiro atoms. The summed E-state index contributed by atoms with van der Waals surface area (Å²) >= 11 is 0. The molecule has 0 unspecified atom stereocenters. The summed E-state index contributed by atoms with van der Waals surface area (Å²) in [6.07, 6.45) is -0.102. The van der Waals surface area contributed by atoms with Crippen LogP contribution >= 0.6 is 0 Å². The lowest BCUT2D eigenvalue weighted by molar-refractivity contribution is -0.135. The van der Waals surface area contributed by atoms with Crippen molar-refractivity contribution in [2.24, 2.45) is 0 Å². The third-order valence-electron chi connectivity index (χ3n) is 5.38. The molecular weight excluding hydrogens is 400 g/mol. The highest BCUT2D eigenvalue weighted by Gasteiger charge is 2.36. The van der Waals surface area contributed by atoms with Crippen molar-refractivity contribution in [2.75, 3.05) is 0 Å². The first-order chi connectivity index (χ1) is 14.9. The van der Waals surface area contributed by atoms with Gasteiger partial charge in [-0.2, -0.15) is 0 Å². The summed E-state index contributed by atoms with van der Waals surface area (Å²) in [4.78, 5) is 25.2. The molecule has 4 aromatic rings. The molecular formula is C24H16O7. The van der Waals surface area contributed by atoms with Crippen LogP contribution in [0.2, 0.25) is 0 Å². The number of aromatic hydroxyl groups is 3. The molecule has 0 amide bonds. The Kier molecular flexibility index (Phi) is 4.18. The number of rotatable bonds is 2. The van der Waals surface area contributed by atoms with Crippen molar-refractivity contribution in [2.45, 2.75) is 12.3 Å². The van der Waals surface area contributed by atoms with E-state index in [9.17, 15) is 24.9 Å². The summed E-state index contributed by atoms with van der Waals surface area (Å²) in [5.41, 5.74) is 0.923. The predicted molar refractivity (Wildman–Crippen MR) is 111 cm³/mol. The van der Waals surface area contributed by atoms with Crippen LogP contribution < -0.4 is 10.2 Å². The van der Waals surface area contributed by atoms with Gasteiger partial charge in [-0.1, -0.05) is 42.5 Å². The number of esters is 1. The molecule has 1 aromatic heterocycles. The molecule has 31 heavy (non-hydrogen) atoms. The minimum Gasteiger partial charge on any atom is -0.508 e. The van der Waals surface area contributed by atoms with E-state index in [1.54, 1.807) is 36.4 Å². The van der Waals surface area contributed by atoms with Crippen LogP contribution in [-0.4, -0.2) is 21.3 Å². The van der Waals surface area contributed by atoms with Crippen LogP contribution in [0, 0.1) is 0 Å². The first-order valence-electron chi connectivity index (χ1n) is 9.54. The molecule has 5 rings (SSSR count). The predicted octanol–water partition coefficient (Wildman–Crippen LogP) is 4.02. The minimum absolute atomic E-state index is 0.00303. The zero-order chi connectivity index (χ0) is 21.7. The number of benzene rings is 3. The Bertz CT molecular complexity index is 1400. The van der Waals surface area contributed by atoms with Crippen LogP contribution in [0.25, 0.3) is 22.3 Å². The van der Waals surface area contributed by atoms with Crippen molar-refractivity contribution in [3.05, 3.63) is 82.0 Å². The Labute approximate surface area is 175 Å². The van der Waals surface area contributed by atoms with Gasteiger partial charge in [0.25, 0.3) is 0 Å². The molecule has 3 aromatic carbocycles. The molecule has 7 heteroatoms. The molecule has 0 aliphatic carbocycles. The van der Waals surface area contributed by atoms with Gasteiger partial charge in [-0.15, -0.1) is 0 Å². The van der Waals surface area contributed by atoms with Crippen molar-refractivity contribution < 1.29 is 29.3 Å². The van der Waals surface area contributed by atoms with Crippen LogP contribution in [0.15, 0.2) is 69.9 Å². The summed E-state index contributed by atoms with van der Waals surface area (Å²) < 4.78 is 11.3. The fourth-order valence-corrected chi connectivity index (χ4v) is 3.98. The van der Waals surface area contributed by atoms with Crippen molar-refractivity contribution in [3.63, 3.8) is 0 Å². The van der Waals surface area contributed by atoms with Gasteiger partial charge in [0.1, 0.15) is 22.5 Å². The van der Waals surface area contributed by atoms with Crippen LogP contribution in [0.1, 0.15) is 23.5 Å². The van der Waals surface area contributed by atoms with Crippen LogP contribution in [0.5, 0.6) is 23.0 Å². The molecule has 154 valence electrons. The van der Waals surface area contributed by atoms with Gasteiger partial charge in [0.15, 0.2) is 16.9 Å². The molecule has 2 heterocycles. The highest BCUT2D eigenvalue weighted by molar-refractivity contribution is 5.96. The van der Waals surface area contributed by atoms with Gasteiger partial charge < -0.3 is 24.5 Å². The van der Waals surface area contributed by atoms with E-state index >= 15 is 0 Å². The van der Waals surface area contributed by atoms with Gasteiger partial charge >= 0.3 is 5.97 Å². The number of carbonyl (C=O) groups excluding carboxylic acids is 1. The topological polar surface area (TPSA) is 117 Å². The van der Waals surface area contributed by atoms with E-state index in [1.165, 1.54) is 18.2 Å². The minimum atomic E-state index is -0.716. The maximum atomic E-state index is 12.9. The SMILES string of the molecule is O=C1C[C@@H](c2cccc(O)c2)c2c(c(O)c(O)c3c(=O)cc(-c4ccccc4)oc23)O1. The smallest absolute Gasteiger partial charge is 0.312 e. The van der Waals surface area contributed by atoms with Crippen molar-refractivity contribution >= 4 is 16.9 Å². The first-order valence-corrected chi connectivity index (χ1v) is 9.54. The highest BCUT2D eigenvalue weighted by atomic mass is 16.5. The standard InChI is InChI=1S/C24H16O7/c25-14-8-4-7-13(9-14)15-10-18(27)31-24-19(15)23-20(21(28)22(24)29)16(26)11-17(30-23)12-5-2-1-3-6-12/h1-9,11,15,25,28-29H,10H2/t15-/m0/s1. The van der Waals surface area contributed by atoms with E-state index in [-0.39, 0.29) is 40.2 Å². The Hall–Kier alpha value is -4.26. The van der Waals surface area contributed by atoms with Gasteiger partial charge in [-0.3, -0.25) is 9.59 Å². The lowest BCUT2D eigenvalue weighted by atomic mass is 9.84. The second-order valence-electron chi connectivity index (χ2n) is 7.31. The van der Waals surface area contributed by atoms with Gasteiger partial charge in [0.2, 0.25) is 5.75 Å². The largest absolute Gasteiger partial charge is 0.508 e. The number of phenolic OH excluding ortho intramolecular Hbond substituents is 3. The third kappa shape index (κ3) is 2.98. The van der Waals surface area contributed by atoms with E-state index < -0.39 is 28.8 Å². The van der Waals surface area contributed by atoms with Crippen LogP contribution in [0.3, 0.4) is 0 Å². The normalized spacial score (nSPS) is 15.5. The van der Waals surface area contributed by atoms with E-state index in [2.05, 4.69) is 0 Å². The Morgan fingerprint density at radius 3 is 2.39 bits per heavy atom. The van der Waals surface area contributed by atoms with Crippen LogP contribution in [-0.2, 0) is 4.79 Å². The van der Waals surface area contributed by atoms with E-state index in [0.717, 1.165) is 0 Å². The summed E-state index contributed by atoms with van der Waals surface area (Å²) in [7, 11) is 0. The first kappa shape index (κ1) is 18.7. The summed E-state index contributed by atoms with van der Waals surface area (Å²) in [5.74, 6) is -2.73. The van der Waals surface area contributed by atoms with Crippen LogP contribution in [0.4, 0.5) is 0 Å². The molecule has 0 radical (unpaired) electrons. The molecule has 7 nitrogen and oxygen atoms in total. The maximum Gasteiger partial charge on any atom is 0.312 e. The van der Waals surface area contributed by atoms with E-state index in [0.29, 0.717) is 11.1 Å². The Morgan fingerprint density at radius 1 is 0.871 bits per heavy atom. The lowest BCUT2D eigenvalue weighted by Crippen LogP contribution is -2.22. The summed E-state index contributed by atoms with van der Waals surface area (Å²) in [6.45, 7) is 0. The molecule has 1 aliphatic rings. The molecule has 0 saturated heterocycles. The molecule has 0 saturated carbocycles. The number of fused-ring (bicyclic) bond motifs is 3. The molecule has 1 atom stereocenters. The third-order valence-corrected chi connectivity index (χ3v) is 5.38. The average Bonchev–Trinajstić information content (AvgIpc) is 2.77. The fraction of sp³-hybridized carbons (Fsp3) is 0.0833. The quantitative estimate of drug-likeness (QED) is 0.257. The molecule has 0 fully saturated rings. The van der Waals surface area contributed by atoms with Gasteiger partial charge in [0.05, 0.1) is 12.0 Å². The highest BCUT2D eigenvalue weighted by Crippen LogP contribution is 2.52. The zero-order valence-electron chi connectivity index (χ0n) is 16.0. The fourth-order valence-electron chi connectivity index (χ4n) is 3.98. The van der Waals surface area contributed by atoms with Gasteiger partial charge in [-0.25, -0.2) is 0 Å². The Balaban J connectivity index is 1.88.